The van der Waals surface area contributed by atoms with Crippen LogP contribution in [0.1, 0.15) is 15.9 Å². The molecule has 2 aromatic rings. The molecule has 156 valence electrons. The summed E-state index contributed by atoms with van der Waals surface area (Å²) in [4.78, 5) is 15.0. The first-order valence-electron chi connectivity index (χ1n) is 9.16. The number of sulfonamides is 1. The zero-order valence-corrected chi connectivity index (χ0v) is 17.1. The van der Waals surface area contributed by atoms with E-state index >= 15 is 0 Å². The van der Waals surface area contributed by atoms with Crippen LogP contribution in [0.4, 0.5) is 8.78 Å². The van der Waals surface area contributed by atoms with Gasteiger partial charge >= 0.3 is 0 Å². The monoisotopic (exact) mass is 423 g/mol. The van der Waals surface area contributed by atoms with Crippen molar-refractivity contribution >= 4 is 15.9 Å². The second-order valence-electron chi connectivity index (χ2n) is 7.15. The van der Waals surface area contributed by atoms with E-state index in [1.165, 1.54) is 9.21 Å². The zero-order valence-electron chi connectivity index (χ0n) is 16.3. The summed E-state index contributed by atoms with van der Waals surface area (Å²) < 4.78 is 53.8. The molecule has 0 radical (unpaired) electrons. The normalized spacial score (nSPS) is 16.0. The van der Waals surface area contributed by atoms with Crippen LogP contribution in [-0.2, 0) is 16.6 Å². The number of benzene rings is 2. The van der Waals surface area contributed by atoms with Crippen molar-refractivity contribution in [3.8, 4) is 0 Å². The van der Waals surface area contributed by atoms with E-state index < -0.39 is 26.6 Å². The van der Waals surface area contributed by atoms with Gasteiger partial charge in [0.15, 0.2) is 0 Å². The fourth-order valence-electron chi connectivity index (χ4n) is 3.26. The summed E-state index contributed by atoms with van der Waals surface area (Å²) >= 11 is 0. The third-order valence-electron chi connectivity index (χ3n) is 4.83. The standard InChI is InChI=1S/C20H23F2N3O3S/c1-23(2)20(26)16-5-3-4-15(12-16)14-24-8-10-25(11-9-24)29(27,28)19-13-17(21)6-7-18(19)22/h3-7,12-13H,8-11,14H2,1-2H3. The molecule has 1 aliphatic rings. The molecule has 1 aliphatic heterocycles. The van der Waals surface area contributed by atoms with Gasteiger partial charge in [-0.1, -0.05) is 12.1 Å². The average molecular weight is 423 g/mol. The predicted molar refractivity (Wildman–Crippen MR) is 105 cm³/mol. The minimum Gasteiger partial charge on any atom is -0.345 e. The summed E-state index contributed by atoms with van der Waals surface area (Å²) in [6.45, 7) is 1.81. The second kappa shape index (κ2) is 8.56. The molecule has 0 saturated carbocycles. The molecule has 0 spiro atoms. The van der Waals surface area contributed by atoms with Crippen molar-refractivity contribution < 1.29 is 22.0 Å². The fraction of sp³-hybridized carbons (Fsp3) is 0.350. The van der Waals surface area contributed by atoms with Crippen LogP contribution < -0.4 is 0 Å². The van der Waals surface area contributed by atoms with Crippen molar-refractivity contribution in [1.82, 2.24) is 14.1 Å². The molecular weight excluding hydrogens is 400 g/mol. The maximum absolute atomic E-state index is 13.9. The van der Waals surface area contributed by atoms with Crippen LogP contribution in [0.15, 0.2) is 47.4 Å². The first kappa shape index (κ1) is 21.4. The lowest BCUT2D eigenvalue weighted by Gasteiger charge is -2.34. The molecule has 29 heavy (non-hydrogen) atoms. The Morgan fingerprint density at radius 2 is 1.72 bits per heavy atom. The molecule has 2 aromatic carbocycles. The van der Waals surface area contributed by atoms with E-state index in [1.54, 1.807) is 20.2 Å². The van der Waals surface area contributed by atoms with Gasteiger partial charge in [0.1, 0.15) is 16.5 Å². The van der Waals surface area contributed by atoms with E-state index in [0.717, 1.165) is 17.7 Å². The fourth-order valence-corrected chi connectivity index (χ4v) is 4.76. The van der Waals surface area contributed by atoms with E-state index in [-0.39, 0.29) is 19.0 Å². The van der Waals surface area contributed by atoms with Gasteiger partial charge in [0.05, 0.1) is 0 Å². The number of hydrogen-bond acceptors (Lipinski definition) is 4. The van der Waals surface area contributed by atoms with Gasteiger partial charge in [-0.3, -0.25) is 9.69 Å². The van der Waals surface area contributed by atoms with Crippen LogP contribution >= 0.6 is 0 Å². The van der Waals surface area contributed by atoms with Crippen molar-refractivity contribution in [2.75, 3.05) is 40.3 Å². The van der Waals surface area contributed by atoms with Crippen LogP contribution in [0.5, 0.6) is 0 Å². The predicted octanol–water partition coefficient (Wildman–Crippen LogP) is 2.17. The Labute approximate surface area is 169 Å². The minimum absolute atomic E-state index is 0.0834. The summed E-state index contributed by atoms with van der Waals surface area (Å²) in [5.74, 6) is -1.84. The molecular formula is C20H23F2N3O3S. The maximum atomic E-state index is 13.9. The molecule has 9 heteroatoms. The van der Waals surface area contributed by atoms with Crippen molar-refractivity contribution in [2.45, 2.75) is 11.4 Å². The summed E-state index contributed by atoms with van der Waals surface area (Å²) in [6.07, 6.45) is 0. The highest BCUT2D eigenvalue weighted by Crippen LogP contribution is 2.22. The summed E-state index contributed by atoms with van der Waals surface area (Å²) in [5.41, 5.74) is 1.54. The van der Waals surface area contributed by atoms with Crippen molar-refractivity contribution in [2.24, 2.45) is 0 Å². The minimum atomic E-state index is -4.10. The molecule has 0 N–H and O–H groups in total. The lowest BCUT2D eigenvalue weighted by atomic mass is 10.1. The highest BCUT2D eigenvalue weighted by Gasteiger charge is 2.31. The van der Waals surface area contributed by atoms with Crippen LogP contribution in [0.3, 0.4) is 0 Å². The number of carbonyl (C=O) groups is 1. The molecule has 0 bridgehead atoms. The van der Waals surface area contributed by atoms with Crippen molar-refractivity contribution in [3.05, 3.63) is 65.2 Å². The Bertz CT molecular complexity index is 1000. The molecule has 0 atom stereocenters. The molecule has 6 nitrogen and oxygen atoms in total. The number of halogens is 2. The highest BCUT2D eigenvalue weighted by atomic mass is 32.2. The second-order valence-corrected chi connectivity index (χ2v) is 9.06. The number of carbonyl (C=O) groups excluding carboxylic acids is 1. The lowest BCUT2D eigenvalue weighted by molar-refractivity contribution is 0.0827. The Morgan fingerprint density at radius 1 is 1.03 bits per heavy atom. The SMILES string of the molecule is CN(C)C(=O)c1cccc(CN2CCN(S(=O)(=O)c3cc(F)ccc3F)CC2)c1. The number of piperazine rings is 1. The van der Waals surface area contributed by atoms with E-state index in [2.05, 4.69) is 4.90 Å². The Hall–Kier alpha value is -2.36. The molecule has 3 rings (SSSR count). The number of rotatable bonds is 5. The van der Waals surface area contributed by atoms with Gasteiger partial charge in [-0.2, -0.15) is 4.31 Å². The molecule has 0 unspecified atom stereocenters. The summed E-state index contributed by atoms with van der Waals surface area (Å²) in [7, 11) is -0.716. The smallest absolute Gasteiger partial charge is 0.253 e. The maximum Gasteiger partial charge on any atom is 0.253 e. The van der Waals surface area contributed by atoms with Gasteiger partial charge in [0.2, 0.25) is 10.0 Å². The molecule has 1 fully saturated rings. The Balaban J connectivity index is 1.66. The molecule has 1 amide bonds. The van der Waals surface area contributed by atoms with E-state index in [4.69, 9.17) is 0 Å². The third-order valence-corrected chi connectivity index (χ3v) is 6.74. The number of hydrogen-bond donors (Lipinski definition) is 0. The van der Waals surface area contributed by atoms with Gasteiger partial charge in [-0.15, -0.1) is 0 Å². The van der Waals surface area contributed by atoms with Gasteiger partial charge in [0.25, 0.3) is 5.91 Å². The van der Waals surface area contributed by atoms with Gasteiger partial charge in [0, 0.05) is 52.4 Å². The first-order chi connectivity index (χ1) is 13.7. The third kappa shape index (κ3) is 4.80. The number of amides is 1. The Morgan fingerprint density at radius 3 is 2.38 bits per heavy atom. The van der Waals surface area contributed by atoms with Crippen LogP contribution in [0, 0.1) is 11.6 Å². The van der Waals surface area contributed by atoms with Gasteiger partial charge in [-0.25, -0.2) is 17.2 Å². The van der Waals surface area contributed by atoms with Crippen molar-refractivity contribution in [3.63, 3.8) is 0 Å². The van der Waals surface area contributed by atoms with Crippen LogP contribution in [0.25, 0.3) is 0 Å². The average Bonchev–Trinajstić information content (AvgIpc) is 2.69. The molecule has 1 saturated heterocycles. The highest BCUT2D eigenvalue weighted by molar-refractivity contribution is 7.89. The van der Waals surface area contributed by atoms with Gasteiger partial charge < -0.3 is 4.90 Å². The van der Waals surface area contributed by atoms with Crippen LogP contribution in [-0.4, -0.2) is 68.7 Å². The van der Waals surface area contributed by atoms with E-state index in [0.29, 0.717) is 31.3 Å². The largest absolute Gasteiger partial charge is 0.345 e. The summed E-state index contributed by atoms with van der Waals surface area (Å²) in [6, 6.07) is 9.74. The summed E-state index contributed by atoms with van der Waals surface area (Å²) in [5, 5.41) is 0. The topological polar surface area (TPSA) is 60.9 Å². The molecule has 1 heterocycles. The van der Waals surface area contributed by atoms with E-state index in [9.17, 15) is 22.0 Å². The molecule has 0 aliphatic carbocycles. The van der Waals surface area contributed by atoms with Gasteiger partial charge in [-0.05, 0) is 35.9 Å². The van der Waals surface area contributed by atoms with E-state index in [1.807, 2.05) is 18.2 Å². The zero-order chi connectivity index (χ0) is 21.2. The molecule has 0 aromatic heterocycles. The number of nitrogens with zero attached hydrogens (tertiary/aromatic N) is 3. The quantitative estimate of drug-likeness (QED) is 0.740. The Kier molecular flexibility index (Phi) is 6.30. The first-order valence-corrected chi connectivity index (χ1v) is 10.6. The lowest BCUT2D eigenvalue weighted by Crippen LogP contribution is -2.48. The van der Waals surface area contributed by atoms with Crippen molar-refractivity contribution in [1.29, 1.82) is 0 Å². The van der Waals surface area contributed by atoms with Crippen LogP contribution in [0.2, 0.25) is 0 Å².